The molecular formula is C18H29N3O3S2. The highest BCUT2D eigenvalue weighted by Crippen LogP contribution is 2.30. The van der Waals surface area contributed by atoms with Crippen LogP contribution in [-0.4, -0.2) is 61.8 Å². The van der Waals surface area contributed by atoms with Crippen LogP contribution in [0.15, 0.2) is 16.3 Å². The fourth-order valence-corrected chi connectivity index (χ4v) is 6.94. The maximum absolute atomic E-state index is 12.9. The Hall–Kier alpha value is -0.960. The summed E-state index contributed by atoms with van der Waals surface area (Å²) in [5, 5.41) is 3.11. The molecule has 1 amide bonds. The Labute approximate surface area is 160 Å². The molecule has 1 aromatic heterocycles. The summed E-state index contributed by atoms with van der Waals surface area (Å²) in [6.45, 7) is 7.60. The van der Waals surface area contributed by atoms with Crippen molar-refractivity contribution in [2.24, 2.45) is 0 Å². The Morgan fingerprint density at radius 2 is 1.96 bits per heavy atom. The van der Waals surface area contributed by atoms with E-state index >= 15 is 0 Å². The van der Waals surface area contributed by atoms with Crippen molar-refractivity contribution in [2.45, 2.75) is 62.2 Å². The fraction of sp³-hybridized carbons (Fsp3) is 0.722. The van der Waals surface area contributed by atoms with Crippen LogP contribution < -0.4 is 5.32 Å². The number of piperidine rings is 1. The summed E-state index contributed by atoms with van der Waals surface area (Å²) in [5.74, 6) is -0.131. The first kappa shape index (κ1) is 19.8. The highest BCUT2D eigenvalue weighted by Gasteiger charge is 2.40. The fourth-order valence-electron chi connectivity index (χ4n) is 3.87. The van der Waals surface area contributed by atoms with Gasteiger partial charge in [0.25, 0.3) is 10.0 Å². The number of likely N-dealkylation sites (tertiary alicyclic amines) is 1. The number of nitrogens with one attached hydrogen (secondary N) is 1. The summed E-state index contributed by atoms with van der Waals surface area (Å²) in [6.07, 6.45) is 4.36. The lowest BCUT2D eigenvalue weighted by Gasteiger charge is -2.33. The second-order valence-electron chi connectivity index (χ2n) is 7.26. The number of hydrogen-bond acceptors (Lipinski definition) is 5. The molecule has 3 rings (SSSR count). The molecule has 1 aromatic rings. The van der Waals surface area contributed by atoms with E-state index < -0.39 is 16.1 Å². The molecule has 0 saturated carbocycles. The summed E-state index contributed by atoms with van der Waals surface area (Å²) in [4.78, 5) is 16.2. The van der Waals surface area contributed by atoms with Gasteiger partial charge in [-0.1, -0.05) is 6.92 Å². The molecule has 1 unspecified atom stereocenters. The molecule has 6 nitrogen and oxygen atoms in total. The summed E-state index contributed by atoms with van der Waals surface area (Å²) in [7, 11) is -3.59. The Kier molecular flexibility index (Phi) is 6.37. The lowest BCUT2D eigenvalue weighted by Crippen LogP contribution is -2.51. The highest BCUT2D eigenvalue weighted by molar-refractivity contribution is 7.91. The molecule has 1 N–H and O–H groups in total. The number of rotatable bonds is 6. The van der Waals surface area contributed by atoms with Crippen molar-refractivity contribution in [3.63, 3.8) is 0 Å². The van der Waals surface area contributed by atoms with Gasteiger partial charge in [0.15, 0.2) is 0 Å². The second kappa shape index (κ2) is 8.37. The number of carbonyl (C=O) groups excluding carboxylic acids is 1. The van der Waals surface area contributed by atoms with E-state index in [4.69, 9.17) is 0 Å². The largest absolute Gasteiger partial charge is 0.352 e. The molecule has 3 heterocycles. The van der Waals surface area contributed by atoms with Crippen LogP contribution in [0.2, 0.25) is 0 Å². The molecule has 146 valence electrons. The van der Waals surface area contributed by atoms with Crippen molar-refractivity contribution in [3.8, 4) is 0 Å². The molecule has 0 aromatic carbocycles. The van der Waals surface area contributed by atoms with Crippen LogP contribution in [0.5, 0.6) is 0 Å². The lowest BCUT2D eigenvalue weighted by atomic mass is 10.0. The standard InChI is InChI=1S/C18H29N3O3S2/c1-3-10-20-12-8-15(9-13-20)19-18(22)16-5-4-11-21(16)26(23,24)17-7-6-14(2)25-17/h6-7,15-16H,3-5,8-13H2,1-2H3,(H,19,22). The summed E-state index contributed by atoms with van der Waals surface area (Å²) < 4.78 is 27.6. The van der Waals surface area contributed by atoms with Gasteiger partial charge in [-0.15, -0.1) is 11.3 Å². The molecule has 1 atom stereocenters. The van der Waals surface area contributed by atoms with Crippen molar-refractivity contribution in [1.82, 2.24) is 14.5 Å². The maximum Gasteiger partial charge on any atom is 0.253 e. The molecule has 0 spiro atoms. The number of sulfonamides is 1. The Balaban J connectivity index is 1.62. The van der Waals surface area contributed by atoms with E-state index in [-0.39, 0.29) is 11.9 Å². The minimum Gasteiger partial charge on any atom is -0.352 e. The van der Waals surface area contributed by atoms with Crippen molar-refractivity contribution in [1.29, 1.82) is 0 Å². The van der Waals surface area contributed by atoms with Crippen LogP contribution in [0.3, 0.4) is 0 Å². The van der Waals surface area contributed by atoms with Gasteiger partial charge in [-0.05, 0) is 57.7 Å². The molecule has 8 heteroatoms. The smallest absolute Gasteiger partial charge is 0.253 e. The Morgan fingerprint density at radius 1 is 1.23 bits per heavy atom. The predicted octanol–water partition coefficient (Wildman–Crippen LogP) is 2.20. The van der Waals surface area contributed by atoms with Crippen LogP contribution in [-0.2, 0) is 14.8 Å². The van der Waals surface area contributed by atoms with Gasteiger partial charge in [-0.2, -0.15) is 4.31 Å². The van der Waals surface area contributed by atoms with Gasteiger partial charge in [0.05, 0.1) is 0 Å². The zero-order valence-electron chi connectivity index (χ0n) is 15.6. The summed E-state index contributed by atoms with van der Waals surface area (Å²) in [6, 6.07) is 3.04. The van der Waals surface area contributed by atoms with E-state index in [9.17, 15) is 13.2 Å². The average molecular weight is 400 g/mol. The molecule has 0 radical (unpaired) electrons. The van der Waals surface area contributed by atoms with Crippen LogP contribution in [0.4, 0.5) is 0 Å². The van der Waals surface area contributed by atoms with Gasteiger partial charge in [0, 0.05) is 30.6 Å². The third-order valence-electron chi connectivity index (χ3n) is 5.26. The number of hydrogen-bond donors (Lipinski definition) is 1. The third kappa shape index (κ3) is 4.30. The molecule has 2 aliphatic heterocycles. The van der Waals surface area contributed by atoms with E-state index in [2.05, 4.69) is 17.1 Å². The first-order chi connectivity index (χ1) is 12.4. The van der Waals surface area contributed by atoms with Crippen LogP contribution in [0.1, 0.15) is 43.9 Å². The number of nitrogens with zero attached hydrogens (tertiary/aromatic N) is 2. The molecular weight excluding hydrogens is 370 g/mol. The van der Waals surface area contributed by atoms with E-state index in [1.54, 1.807) is 6.07 Å². The van der Waals surface area contributed by atoms with E-state index in [1.807, 2.05) is 13.0 Å². The second-order valence-corrected chi connectivity index (χ2v) is 10.7. The van der Waals surface area contributed by atoms with Crippen molar-refractivity contribution < 1.29 is 13.2 Å². The molecule has 2 aliphatic rings. The van der Waals surface area contributed by atoms with Gasteiger partial charge in [0.2, 0.25) is 5.91 Å². The van der Waals surface area contributed by atoms with Gasteiger partial charge >= 0.3 is 0 Å². The SMILES string of the molecule is CCCN1CCC(NC(=O)C2CCCN2S(=O)(=O)c2ccc(C)s2)CC1. The number of aryl methyl sites for hydroxylation is 1. The van der Waals surface area contributed by atoms with Crippen molar-refractivity contribution in [3.05, 3.63) is 17.0 Å². The van der Waals surface area contributed by atoms with Gasteiger partial charge in [0.1, 0.15) is 10.3 Å². The molecule has 26 heavy (non-hydrogen) atoms. The van der Waals surface area contributed by atoms with Gasteiger partial charge in [-0.3, -0.25) is 4.79 Å². The third-order valence-corrected chi connectivity index (χ3v) is 8.64. The Morgan fingerprint density at radius 3 is 2.58 bits per heavy atom. The van der Waals surface area contributed by atoms with Gasteiger partial charge < -0.3 is 10.2 Å². The first-order valence-electron chi connectivity index (χ1n) is 9.53. The monoisotopic (exact) mass is 399 g/mol. The highest BCUT2D eigenvalue weighted by atomic mass is 32.2. The quantitative estimate of drug-likeness (QED) is 0.796. The zero-order valence-corrected chi connectivity index (χ0v) is 17.2. The van der Waals surface area contributed by atoms with Gasteiger partial charge in [-0.25, -0.2) is 8.42 Å². The minimum atomic E-state index is -3.59. The topological polar surface area (TPSA) is 69.7 Å². The van der Waals surface area contributed by atoms with E-state index in [0.29, 0.717) is 17.2 Å². The van der Waals surface area contributed by atoms with Crippen LogP contribution in [0, 0.1) is 6.92 Å². The van der Waals surface area contributed by atoms with Crippen molar-refractivity contribution in [2.75, 3.05) is 26.2 Å². The van der Waals surface area contributed by atoms with Crippen LogP contribution >= 0.6 is 11.3 Å². The van der Waals surface area contributed by atoms with E-state index in [1.165, 1.54) is 15.6 Å². The number of carbonyl (C=O) groups is 1. The Bertz CT molecular complexity index is 724. The molecule has 2 saturated heterocycles. The number of amides is 1. The number of thiophene rings is 1. The summed E-state index contributed by atoms with van der Waals surface area (Å²) in [5.41, 5.74) is 0. The molecule has 0 aliphatic carbocycles. The van der Waals surface area contributed by atoms with Crippen molar-refractivity contribution >= 4 is 27.3 Å². The zero-order chi connectivity index (χ0) is 18.7. The first-order valence-corrected chi connectivity index (χ1v) is 11.8. The average Bonchev–Trinajstić information content (AvgIpc) is 3.26. The van der Waals surface area contributed by atoms with E-state index in [0.717, 1.165) is 50.2 Å². The minimum absolute atomic E-state index is 0.131. The van der Waals surface area contributed by atoms with Crippen LogP contribution in [0.25, 0.3) is 0 Å². The lowest BCUT2D eigenvalue weighted by molar-refractivity contribution is -0.125. The molecule has 0 bridgehead atoms. The normalized spacial score (nSPS) is 23.4. The molecule has 2 fully saturated rings. The summed E-state index contributed by atoms with van der Waals surface area (Å²) >= 11 is 1.27. The predicted molar refractivity (Wildman–Crippen MR) is 104 cm³/mol. The maximum atomic E-state index is 12.9.